The van der Waals surface area contributed by atoms with E-state index in [-0.39, 0.29) is 5.78 Å². The van der Waals surface area contributed by atoms with Gasteiger partial charge in [-0.3, -0.25) is 4.79 Å². The van der Waals surface area contributed by atoms with Crippen molar-refractivity contribution in [2.45, 2.75) is 47.0 Å². The van der Waals surface area contributed by atoms with Crippen molar-refractivity contribution >= 4 is 11.7 Å². The van der Waals surface area contributed by atoms with Crippen LogP contribution in [-0.4, -0.2) is 28.8 Å². The molecule has 2 aliphatic rings. The molecule has 1 aromatic heterocycles. The maximum absolute atomic E-state index is 12.2. The molecule has 4 heteroatoms. The molecule has 4 nitrogen and oxygen atoms in total. The van der Waals surface area contributed by atoms with Crippen LogP contribution in [0.1, 0.15) is 55.4 Å². The standard InChI is InChI=1S/C17H25N3O/c1-10-6-14-16(15(21)7-10)13(4)18-17(19-14)20-8-11(2)5-12(3)9-20/h10-12H,5-9H2,1-4H3/t10-,11-,12-/m1/s1. The number of piperidine rings is 1. The summed E-state index contributed by atoms with van der Waals surface area (Å²) < 4.78 is 0. The molecule has 1 saturated heterocycles. The molecule has 0 bridgehead atoms. The van der Waals surface area contributed by atoms with Crippen LogP contribution < -0.4 is 4.90 Å². The number of rotatable bonds is 1. The van der Waals surface area contributed by atoms with Crippen LogP contribution in [0.25, 0.3) is 0 Å². The van der Waals surface area contributed by atoms with E-state index in [1.807, 2.05) is 6.92 Å². The average Bonchev–Trinajstić information content (AvgIpc) is 2.35. The first-order valence-corrected chi connectivity index (χ1v) is 8.09. The summed E-state index contributed by atoms with van der Waals surface area (Å²) in [6, 6.07) is 0. The predicted molar refractivity (Wildman–Crippen MR) is 83.7 cm³/mol. The molecule has 1 aliphatic carbocycles. The van der Waals surface area contributed by atoms with E-state index in [1.165, 1.54) is 6.42 Å². The summed E-state index contributed by atoms with van der Waals surface area (Å²) in [7, 11) is 0. The molecule has 1 aromatic rings. The van der Waals surface area contributed by atoms with E-state index >= 15 is 0 Å². The lowest BCUT2D eigenvalue weighted by atomic mass is 9.86. The minimum Gasteiger partial charge on any atom is -0.340 e. The van der Waals surface area contributed by atoms with E-state index in [1.54, 1.807) is 0 Å². The van der Waals surface area contributed by atoms with Crippen LogP contribution in [0.3, 0.4) is 0 Å². The first kappa shape index (κ1) is 14.5. The Bertz CT molecular complexity index is 559. The fourth-order valence-corrected chi connectivity index (χ4v) is 3.92. The second-order valence-corrected chi connectivity index (χ2v) is 7.22. The fourth-order valence-electron chi connectivity index (χ4n) is 3.92. The van der Waals surface area contributed by atoms with Crippen molar-refractivity contribution in [3.63, 3.8) is 0 Å². The molecule has 3 rings (SSSR count). The van der Waals surface area contributed by atoms with E-state index in [2.05, 4.69) is 30.7 Å². The van der Waals surface area contributed by atoms with Crippen LogP contribution in [0.4, 0.5) is 5.95 Å². The van der Waals surface area contributed by atoms with Crippen molar-refractivity contribution < 1.29 is 4.79 Å². The number of aryl methyl sites for hydroxylation is 1. The van der Waals surface area contributed by atoms with E-state index < -0.39 is 0 Å². The lowest BCUT2D eigenvalue weighted by molar-refractivity contribution is 0.0951. The fraction of sp³-hybridized carbons (Fsp3) is 0.706. The summed E-state index contributed by atoms with van der Waals surface area (Å²) in [5.41, 5.74) is 2.61. The Balaban J connectivity index is 1.96. The molecule has 114 valence electrons. The normalized spacial score (nSPS) is 29.4. The number of Topliss-reactive ketones (excluding diaryl/α,β-unsaturated/α-hetero) is 1. The summed E-state index contributed by atoms with van der Waals surface area (Å²) in [6.07, 6.45) is 2.81. The molecule has 1 aliphatic heterocycles. The molecule has 0 saturated carbocycles. The highest BCUT2D eigenvalue weighted by molar-refractivity contribution is 5.99. The SMILES string of the molecule is Cc1nc(N2C[C@H](C)C[C@@H](C)C2)nc2c1C(=O)C[C@H](C)C2. The van der Waals surface area contributed by atoms with Gasteiger partial charge in [0.15, 0.2) is 5.78 Å². The Morgan fingerprint density at radius 2 is 1.67 bits per heavy atom. The van der Waals surface area contributed by atoms with Gasteiger partial charge in [0.25, 0.3) is 0 Å². The highest BCUT2D eigenvalue weighted by atomic mass is 16.1. The Hall–Kier alpha value is -1.45. The molecule has 2 heterocycles. The second kappa shape index (κ2) is 5.39. The zero-order valence-corrected chi connectivity index (χ0v) is 13.5. The number of hydrogen-bond acceptors (Lipinski definition) is 4. The topological polar surface area (TPSA) is 46.1 Å². The van der Waals surface area contributed by atoms with Gasteiger partial charge in [0.1, 0.15) is 0 Å². The number of nitrogens with zero attached hydrogens (tertiary/aromatic N) is 3. The Morgan fingerprint density at radius 1 is 1.00 bits per heavy atom. The van der Waals surface area contributed by atoms with Crippen molar-refractivity contribution in [2.24, 2.45) is 17.8 Å². The highest BCUT2D eigenvalue weighted by Gasteiger charge is 2.29. The Morgan fingerprint density at radius 3 is 2.33 bits per heavy atom. The van der Waals surface area contributed by atoms with Crippen LogP contribution in [0.15, 0.2) is 0 Å². The average molecular weight is 287 g/mol. The number of ketones is 1. The number of fused-ring (bicyclic) bond motifs is 1. The molecule has 0 amide bonds. The lowest BCUT2D eigenvalue weighted by Gasteiger charge is -2.35. The van der Waals surface area contributed by atoms with Crippen molar-refractivity contribution in [1.29, 1.82) is 0 Å². The van der Waals surface area contributed by atoms with Crippen LogP contribution in [0.5, 0.6) is 0 Å². The maximum Gasteiger partial charge on any atom is 0.225 e. The van der Waals surface area contributed by atoms with E-state index in [4.69, 9.17) is 4.98 Å². The smallest absolute Gasteiger partial charge is 0.225 e. The van der Waals surface area contributed by atoms with Crippen LogP contribution >= 0.6 is 0 Å². The van der Waals surface area contributed by atoms with E-state index in [0.717, 1.165) is 42.4 Å². The summed E-state index contributed by atoms with van der Waals surface area (Å²) in [5.74, 6) is 2.79. The van der Waals surface area contributed by atoms with Gasteiger partial charge >= 0.3 is 0 Å². The third-order valence-electron chi connectivity index (χ3n) is 4.66. The number of hydrogen-bond donors (Lipinski definition) is 0. The minimum absolute atomic E-state index is 0.216. The molecule has 0 N–H and O–H groups in total. The minimum atomic E-state index is 0.216. The van der Waals surface area contributed by atoms with Gasteiger partial charge in [-0.2, -0.15) is 0 Å². The van der Waals surface area contributed by atoms with Crippen molar-refractivity contribution in [2.75, 3.05) is 18.0 Å². The molecule has 0 radical (unpaired) electrons. The zero-order chi connectivity index (χ0) is 15.1. The van der Waals surface area contributed by atoms with Crippen molar-refractivity contribution in [3.05, 3.63) is 17.0 Å². The molecule has 0 aromatic carbocycles. The van der Waals surface area contributed by atoms with Gasteiger partial charge in [-0.15, -0.1) is 0 Å². The summed E-state index contributed by atoms with van der Waals surface area (Å²) in [6.45, 7) is 10.7. The van der Waals surface area contributed by atoms with Crippen LogP contribution in [0, 0.1) is 24.7 Å². The predicted octanol–water partition coefficient (Wildman–Crippen LogP) is 3.03. The lowest BCUT2D eigenvalue weighted by Crippen LogP contribution is -2.40. The maximum atomic E-state index is 12.2. The van der Waals surface area contributed by atoms with Crippen LogP contribution in [-0.2, 0) is 6.42 Å². The number of aromatic nitrogens is 2. The molecule has 1 fully saturated rings. The van der Waals surface area contributed by atoms with Gasteiger partial charge in [-0.05, 0) is 37.5 Å². The second-order valence-electron chi connectivity index (χ2n) is 7.22. The van der Waals surface area contributed by atoms with Gasteiger partial charge in [-0.1, -0.05) is 20.8 Å². The van der Waals surface area contributed by atoms with Gasteiger partial charge < -0.3 is 4.90 Å². The molecule has 0 unspecified atom stereocenters. The van der Waals surface area contributed by atoms with Gasteiger partial charge in [-0.25, -0.2) is 9.97 Å². The zero-order valence-electron chi connectivity index (χ0n) is 13.5. The van der Waals surface area contributed by atoms with E-state index in [9.17, 15) is 4.79 Å². The Kier molecular flexibility index (Phi) is 3.72. The molecule has 3 atom stereocenters. The highest BCUT2D eigenvalue weighted by Crippen LogP contribution is 2.29. The molecular formula is C17H25N3O. The Labute approximate surface area is 127 Å². The largest absolute Gasteiger partial charge is 0.340 e. The number of carbonyl (C=O) groups is 1. The van der Waals surface area contributed by atoms with Gasteiger partial charge in [0.2, 0.25) is 5.95 Å². The van der Waals surface area contributed by atoms with Crippen molar-refractivity contribution in [3.8, 4) is 0 Å². The van der Waals surface area contributed by atoms with Crippen LogP contribution in [0.2, 0.25) is 0 Å². The first-order chi connectivity index (χ1) is 9.94. The molecular weight excluding hydrogens is 262 g/mol. The number of carbonyl (C=O) groups excluding carboxylic acids is 1. The van der Waals surface area contributed by atoms with Gasteiger partial charge in [0, 0.05) is 19.5 Å². The monoisotopic (exact) mass is 287 g/mol. The summed E-state index contributed by atoms with van der Waals surface area (Å²) in [4.78, 5) is 23.9. The van der Waals surface area contributed by atoms with Gasteiger partial charge in [0.05, 0.1) is 17.0 Å². The quantitative estimate of drug-likeness (QED) is 0.796. The number of anilines is 1. The third kappa shape index (κ3) is 2.81. The molecule has 21 heavy (non-hydrogen) atoms. The third-order valence-corrected chi connectivity index (χ3v) is 4.66. The van der Waals surface area contributed by atoms with Crippen molar-refractivity contribution in [1.82, 2.24) is 9.97 Å². The van der Waals surface area contributed by atoms with E-state index in [0.29, 0.717) is 24.2 Å². The summed E-state index contributed by atoms with van der Waals surface area (Å²) >= 11 is 0. The first-order valence-electron chi connectivity index (χ1n) is 8.09. The molecule has 0 spiro atoms. The summed E-state index contributed by atoms with van der Waals surface area (Å²) in [5, 5.41) is 0.